The van der Waals surface area contributed by atoms with E-state index >= 15 is 0 Å². The molecule has 0 atom stereocenters. The van der Waals surface area contributed by atoms with Crippen LogP contribution in [0.2, 0.25) is 5.02 Å². The van der Waals surface area contributed by atoms with Crippen molar-refractivity contribution in [3.8, 4) is 5.75 Å². The maximum Gasteiger partial charge on any atom is 0.148 e. The lowest BCUT2D eigenvalue weighted by atomic mass is 10.0. The molecule has 0 aliphatic carbocycles. The minimum atomic E-state index is 0.468. The Morgan fingerprint density at radius 3 is 3.12 bits per heavy atom. The second-order valence-electron chi connectivity index (χ2n) is 3.57. The van der Waals surface area contributed by atoms with Crippen molar-refractivity contribution in [3.05, 3.63) is 34.9 Å². The van der Waals surface area contributed by atoms with Crippen LogP contribution in [0, 0.1) is 0 Å². The number of hydrogen-bond acceptors (Lipinski definition) is 3. The molecule has 1 aromatic carbocycles. The Bertz CT molecular complexity index is 500. The van der Waals surface area contributed by atoms with Crippen LogP contribution in [-0.2, 0) is 0 Å². The number of nitrogen functional groups attached to an aromatic ring is 1. The van der Waals surface area contributed by atoms with E-state index in [2.05, 4.69) is 34.5 Å². The lowest BCUT2D eigenvalue weighted by Crippen LogP contribution is -2.12. The van der Waals surface area contributed by atoms with Gasteiger partial charge in [-0.3, -0.25) is 0 Å². The van der Waals surface area contributed by atoms with Gasteiger partial charge in [0.2, 0.25) is 0 Å². The van der Waals surface area contributed by atoms with Crippen molar-refractivity contribution in [1.82, 2.24) is 5.32 Å². The van der Waals surface area contributed by atoms with Gasteiger partial charge in [0.05, 0.1) is 10.2 Å². The molecule has 1 aliphatic rings. The molecule has 0 amide bonds. The highest BCUT2D eigenvalue weighted by atomic mass is 127. The predicted molar refractivity (Wildman–Crippen MR) is 81.5 cm³/mol. The topological polar surface area (TPSA) is 47.3 Å². The SMILES string of the molecule is C=C(NCI)c1cc(N)c(Cl)c2c1C=CCO2. The van der Waals surface area contributed by atoms with Crippen LogP contribution in [-0.4, -0.2) is 11.2 Å². The van der Waals surface area contributed by atoms with Crippen molar-refractivity contribution in [2.45, 2.75) is 0 Å². The Morgan fingerprint density at radius 1 is 1.65 bits per heavy atom. The quantitative estimate of drug-likeness (QED) is 0.375. The summed E-state index contributed by atoms with van der Waals surface area (Å²) in [7, 11) is 0. The summed E-state index contributed by atoms with van der Waals surface area (Å²) in [5, 5.41) is 3.63. The highest BCUT2D eigenvalue weighted by molar-refractivity contribution is 14.1. The number of fused-ring (bicyclic) bond motifs is 1. The van der Waals surface area contributed by atoms with Gasteiger partial charge in [-0.2, -0.15) is 0 Å². The summed E-state index contributed by atoms with van der Waals surface area (Å²) >= 11 is 8.35. The number of halogens is 2. The zero-order valence-electron chi connectivity index (χ0n) is 9.09. The van der Waals surface area contributed by atoms with Crippen LogP contribution in [0.1, 0.15) is 11.1 Å². The van der Waals surface area contributed by atoms with E-state index < -0.39 is 0 Å². The van der Waals surface area contributed by atoms with Gasteiger partial charge in [0.25, 0.3) is 0 Å². The first-order valence-electron chi connectivity index (χ1n) is 5.05. The molecule has 1 aliphatic heterocycles. The van der Waals surface area contributed by atoms with Gasteiger partial charge in [-0.15, -0.1) is 0 Å². The first-order valence-corrected chi connectivity index (χ1v) is 6.96. The van der Waals surface area contributed by atoms with E-state index in [9.17, 15) is 0 Å². The summed E-state index contributed by atoms with van der Waals surface area (Å²) in [5.74, 6) is 0.639. The van der Waals surface area contributed by atoms with E-state index in [0.717, 1.165) is 21.4 Å². The summed E-state index contributed by atoms with van der Waals surface area (Å²) in [6.45, 7) is 4.51. The van der Waals surface area contributed by atoms with Crippen LogP contribution >= 0.6 is 34.2 Å². The van der Waals surface area contributed by atoms with Crippen molar-refractivity contribution >= 4 is 51.7 Å². The molecule has 0 saturated carbocycles. The highest BCUT2D eigenvalue weighted by Gasteiger charge is 2.18. The van der Waals surface area contributed by atoms with Crippen molar-refractivity contribution in [3.63, 3.8) is 0 Å². The van der Waals surface area contributed by atoms with Crippen LogP contribution < -0.4 is 15.8 Å². The Hall–Kier alpha value is -0.880. The molecular formula is C12H12ClIN2O. The number of ether oxygens (including phenoxy) is 1. The third-order valence-electron chi connectivity index (χ3n) is 2.50. The fourth-order valence-corrected chi connectivity index (χ4v) is 2.37. The number of nitrogens with two attached hydrogens (primary N) is 1. The molecule has 0 radical (unpaired) electrons. The molecular weight excluding hydrogens is 351 g/mol. The summed E-state index contributed by atoms with van der Waals surface area (Å²) < 4.78 is 6.31. The molecule has 0 spiro atoms. The number of rotatable bonds is 3. The minimum Gasteiger partial charge on any atom is -0.487 e. The number of hydrogen-bond donors (Lipinski definition) is 2. The molecule has 0 unspecified atom stereocenters. The van der Waals surface area contributed by atoms with Crippen molar-refractivity contribution in [2.24, 2.45) is 0 Å². The second-order valence-corrected chi connectivity index (χ2v) is 4.71. The molecule has 3 N–H and O–H groups in total. The lowest BCUT2D eigenvalue weighted by Gasteiger charge is -2.20. The predicted octanol–water partition coefficient (Wildman–Crippen LogP) is 3.28. The van der Waals surface area contributed by atoms with E-state index in [0.29, 0.717) is 23.1 Å². The summed E-state index contributed by atoms with van der Waals surface area (Å²) in [5.41, 5.74) is 9.05. The maximum atomic E-state index is 6.13. The first-order chi connectivity index (χ1) is 8.15. The Kier molecular flexibility index (Phi) is 3.83. The molecule has 3 nitrogen and oxygen atoms in total. The van der Waals surface area contributed by atoms with E-state index in [1.807, 2.05) is 18.2 Å². The minimum absolute atomic E-state index is 0.468. The van der Waals surface area contributed by atoms with Crippen LogP contribution in [0.15, 0.2) is 18.7 Å². The number of anilines is 1. The third kappa shape index (κ3) is 2.37. The molecule has 0 saturated heterocycles. The number of benzene rings is 1. The standard InChI is InChI=1S/C12H12ClIN2O/c1-7(16-6-14)9-5-10(15)11(13)12-8(9)3-2-4-17-12/h2-3,5,16H,1,4,6,15H2. The summed E-state index contributed by atoms with van der Waals surface area (Å²) in [6.07, 6.45) is 3.93. The summed E-state index contributed by atoms with van der Waals surface area (Å²) in [4.78, 5) is 0. The van der Waals surface area contributed by atoms with Gasteiger partial charge in [0.15, 0.2) is 0 Å². The first kappa shape index (κ1) is 12.6. The maximum absolute atomic E-state index is 6.13. The molecule has 2 rings (SSSR count). The zero-order chi connectivity index (χ0) is 12.4. The molecule has 1 aromatic rings. The lowest BCUT2D eigenvalue weighted by molar-refractivity contribution is 0.359. The van der Waals surface area contributed by atoms with Crippen molar-refractivity contribution in [2.75, 3.05) is 16.9 Å². The largest absolute Gasteiger partial charge is 0.487 e. The Labute approximate surface area is 119 Å². The van der Waals surface area contributed by atoms with Crippen LogP contribution in [0.4, 0.5) is 5.69 Å². The molecule has 0 bridgehead atoms. The monoisotopic (exact) mass is 362 g/mol. The number of alkyl halides is 1. The average Bonchev–Trinajstić information content (AvgIpc) is 2.34. The van der Waals surface area contributed by atoms with Crippen molar-refractivity contribution < 1.29 is 4.74 Å². The molecule has 0 fully saturated rings. The average molecular weight is 363 g/mol. The Morgan fingerprint density at radius 2 is 2.41 bits per heavy atom. The highest BCUT2D eigenvalue weighted by Crippen LogP contribution is 2.40. The van der Waals surface area contributed by atoms with Crippen LogP contribution in [0.3, 0.4) is 0 Å². The van der Waals surface area contributed by atoms with Gasteiger partial charge in [0, 0.05) is 16.8 Å². The smallest absolute Gasteiger partial charge is 0.148 e. The van der Waals surface area contributed by atoms with Crippen LogP contribution in [0.25, 0.3) is 11.8 Å². The fraction of sp³-hybridized carbons (Fsp3) is 0.167. The molecule has 17 heavy (non-hydrogen) atoms. The van der Waals surface area contributed by atoms with Gasteiger partial charge in [-0.05, 0) is 12.1 Å². The summed E-state index contributed by atoms with van der Waals surface area (Å²) in [6, 6.07) is 1.82. The Balaban J connectivity index is 2.57. The van der Waals surface area contributed by atoms with E-state index in [-0.39, 0.29) is 0 Å². The van der Waals surface area contributed by atoms with E-state index in [4.69, 9.17) is 22.1 Å². The van der Waals surface area contributed by atoms with Gasteiger partial charge in [-0.1, -0.05) is 46.8 Å². The molecule has 5 heteroatoms. The molecule has 1 heterocycles. The third-order valence-corrected chi connectivity index (χ3v) is 3.27. The second kappa shape index (κ2) is 5.18. The van der Waals surface area contributed by atoms with E-state index in [1.54, 1.807) is 0 Å². The normalized spacial score (nSPS) is 12.8. The van der Waals surface area contributed by atoms with Crippen molar-refractivity contribution in [1.29, 1.82) is 0 Å². The number of nitrogens with one attached hydrogen (secondary N) is 1. The van der Waals surface area contributed by atoms with Gasteiger partial charge >= 0.3 is 0 Å². The molecule has 90 valence electrons. The van der Waals surface area contributed by atoms with Gasteiger partial charge < -0.3 is 15.8 Å². The fourth-order valence-electron chi connectivity index (χ4n) is 1.70. The van der Waals surface area contributed by atoms with Crippen LogP contribution in [0.5, 0.6) is 5.75 Å². The molecule has 0 aromatic heterocycles. The van der Waals surface area contributed by atoms with Gasteiger partial charge in [0.1, 0.15) is 17.4 Å². The van der Waals surface area contributed by atoms with E-state index in [1.165, 1.54) is 0 Å². The zero-order valence-corrected chi connectivity index (χ0v) is 12.0. The van der Waals surface area contributed by atoms with Gasteiger partial charge in [-0.25, -0.2) is 0 Å².